The van der Waals surface area contributed by atoms with Gasteiger partial charge in [-0.15, -0.1) is 0 Å². The van der Waals surface area contributed by atoms with Gasteiger partial charge in [0.15, 0.2) is 0 Å². The highest BCUT2D eigenvalue weighted by Crippen LogP contribution is 2.27. The van der Waals surface area contributed by atoms with Crippen molar-refractivity contribution in [2.75, 3.05) is 17.7 Å². The number of rotatable bonds is 5. The minimum absolute atomic E-state index is 0.215. The molecule has 3 rings (SSSR count). The predicted octanol–water partition coefficient (Wildman–Crippen LogP) is 4.89. The molecule has 8 heteroatoms. The van der Waals surface area contributed by atoms with E-state index in [9.17, 15) is 9.18 Å². The number of hydrogen-bond donors (Lipinski definition) is 2. The third kappa shape index (κ3) is 4.37. The van der Waals surface area contributed by atoms with Crippen LogP contribution in [0.5, 0.6) is 6.01 Å². The van der Waals surface area contributed by atoms with E-state index in [1.54, 1.807) is 38.1 Å². The highest BCUT2D eigenvalue weighted by molar-refractivity contribution is 6.31. The third-order valence-electron chi connectivity index (χ3n) is 4.07. The first-order valence-corrected chi connectivity index (χ1v) is 8.77. The van der Waals surface area contributed by atoms with Gasteiger partial charge in [0, 0.05) is 10.7 Å². The first-order chi connectivity index (χ1) is 13.4. The molecule has 0 unspecified atom stereocenters. The fraction of sp³-hybridized carbons (Fsp3) is 0.150. The van der Waals surface area contributed by atoms with Crippen LogP contribution in [0.3, 0.4) is 0 Å². The van der Waals surface area contributed by atoms with Crippen molar-refractivity contribution >= 4 is 34.6 Å². The Balaban J connectivity index is 1.90. The van der Waals surface area contributed by atoms with Gasteiger partial charge < -0.3 is 15.4 Å². The summed E-state index contributed by atoms with van der Waals surface area (Å²) in [6.45, 7) is 3.51. The van der Waals surface area contributed by atoms with Gasteiger partial charge in [-0.25, -0.2) is 9.37 Å². The lowest BCUT2D eigenvalue weighted by atomic mass is 10.1. The van der Waals surface area contributed by atoms with Crippen molar-refractivity contribution in [3.63, 3.8) is 0 Å². The average Bonchev–Trinajstić information content (AvgIpc) is 2.66. The van der Waals surface area contributed by atoms with E-state index in [2.05, 4.69) is 20.6 Å². The summed E-state index contributed by atoms with van der Waals surface area (Å²) in [6.07, 6.45) is 1.47. The van der Waals surface area contributed by atoms with Gasteiger partial charge in [-0.2, -0.15) is 4.98 Å². The van der Waals surface area contributed by atoms with Crippen LogP contribution in [0.2, 0.25) is 5.02 Å². The minimum atomic E-state index is -0.387. The summed E-state index contributed by atoms with van der Waals surface area (Å²) in [6, 6.07) is 9.50. The van der Waals surface area contributed by atoms with Crippen LogP contribution < -0.4 is 15.4 Å². The molecule has 0 radical (unpaired) electrons. The second-order valence-corrected chi connectivity index (χ2v) is 6.52. The number of amides is 1. The Kier molecular flexibility index (Phi) is 5.75. The number of methoxy groups -OCH3 is 1. The molecule has 0 saturated heterocycles. The van der Waals surface area contributed by atoms with Crippen molar-refractivity contribution in [3.05, 3.63) is 70.3 Å². The fourth-order valence-electron chi connectivity index (χ4n) is 2.58. The monoisotopic (exact) mass is 400 g/mol. The van der Waals surface area contributed by atoms with Crippen LogP contribution >= 0.6 is 11.6 Å². The molecule has 0 fully saturated rings. The van der Waals surface area contributed by atoms with Crippen LogP contribution in [0.25, 0.3) is 0 Å². The normalized spacial score (nSPS) is 10.5. The largest absolute Gasteiger partial charge is 0.467 e. The molecule has 28 heavy (non-hydrogen) atoms. The van der Waals surface area contributed by atoms with Crippen LogP contribution in [0.1, 0.15) is 21.6 Å². The molecule has 144 valence electrons. The summed E-state index contributed by atoms with van der Waals surface area (Å²) in [5, 5.41) is 6.35. The maximum absolute atomic E-state index is 13.4. The Morgan fingerprint density at radius 3 is 2.54 bits per heavy atom. The van der Waals surface area contributed by atoms with E-state index >= 15 is 0 Å². The molecular weight excluding hydrogens is 383 g/mol. The molecule has 1 amide bonds. The number of aromatic nitrogens is 2. The van der Waals surface area contributed by atoms with Gasteiger partial charge in [0.1, 0.15) is 5.82 Å². The zero-order valence-electron chi connectivity index (χ0n) is 15.5. The Hall–Kier alpha value is -3.19. The van der Waals surface area contributed by atoms with Crippen molar-refractivity contribution in [3.8, 4) is 6.01 Å². The summed E-state index contributed by atoms with van der Waals surface area (Å²) in [7, 11) is 1.47. The second kappa shape index (κ2) is 8.22. The second-order valence-electron chi connectivity index (χ2n) is 6.08. The van der Waals surface area contributed by atoms with Crippen LogP contribution in [0.15, 0.2) is 42.6 Å². The quantitative estimate of drug-likeness (QED) is 0.637. The smallest absolute Gasteiger partial charge is 0.316 e. The van der Waals surface area contributed by atoms with E-state index in [1.165, 1.54) is 25.4 Å². The molecule has 0 spiro atoms. The zero-order valence-corrected chi connectivity index (χ0v) is 16.3. The van der Waals surface area contributed by atoms with E-state index in [-0.39, 0.29) is 17.7 Å². The van der Waals surface area contributed by atoms with Crippen LogP contribution in [-0.4, -0.2) is 23.0 Å². The van der Waals surface area contributed by atoms with Crippen LogP contribution in [-0.2, 0) is 0 Å². The molecular formula is C20H18ClFN4O2. The first kappa shape index (κ1) is 19.6. The van der Waals surface area contributed by atoms with E-state index in [0.717, 1.165) is 0 Å². The van der Waals surface area contributed by atoms with Gasteiger partial charge in [-0.1, -0.05) is 11.6 Å². The number of nitrogens with one attached hydrogen (secondary N) is 2. The van der Waals surface area contributed by atoms with Gasteiger partial charge in [0.2, 0.25) is 0 Å². The van der Waals surface area contributed by atoms with Crippen LogP contribution in [0, 0.1) is 19.7 Å². The average molecular weight is 401 g/mol. The van der Waals surface area contributed by atoms with E-state index in [1.807, 2.05) is 0 Å². The SMILES string of the molecule is COc1ncc(NC(=O)c2cc(Cl)ccc2Nc2ccc(F)cc2C)c(C)n1. The lowest BCUT2D eigenvalue weighted by Crippen LogP contribution is -2.15. The number of halogens is 2. The number of aryl methyl sites for hydroxylation is 2. The summed E-state index contributed by atoms with van der Waals surface area (Å²) in [5.41, 5.74) is 3.26. The highest BCUT2D eigenvalue weighted by Gasteiger charge is 2.15. The topological polar surface area (TPSA) is 76.1 Å². The maximum Gasteiger partial charge on any atom is 0.316 e. The summed E-state index contributed by atoms with van der Waals surface area (Å²) < 4.78 is 18.3. The molecule has 2 aromatic carbocycles. The molecule has 2 N–H and O–H groups in total. The van der Waals surface area contributed by atoms with Crippen molar-refractivity contribution < 1.29 is 13.9 Å². The first-order valence-electron chi connectivity index (χ1n) is 8.39. The molecule has 0 bridgehead atoms. The predicted molar refractivity (Wildman–Crippen MR) is 107 cm³/mol. The molecule has 0 aliphatic carbocycles. The lowest BCUT2D eigenvalue weighted by molar-refractivity contribution is 0.102. The van der Waals surface area contributed by atoms with Gasteiger partial charge in [-0.3, -0.25) is 4.79 Å². The van der Waals surface area contributed by atoms with E-state index in [0.29, 0.717) is 38.9 Å². The molecule has 0 aliphatic rings. The third-order valence-corrected chi connectivity index (χ3v) is 4.31. The molecule has 1 heterocycles. The van der Waals surface area contributed by atoms with Gasteiger partial charge in [0.05, 0.1) is 35.9 Å². The molecule has 0 atom stereocenters. The number of ether oxygens (including phenoxy) is 1. The summed E-state index contributed by atoms with van der Waals surface area (Å²) in [5.74, 6) is -0.714. The van der Waals surface area contributed by atoms with E-state index < -0.39 is 0 Å². The van der Waals surface area contributed by atoms with E-state index in [4.69, 9.17) is 16.3 Å². The van der Waals surface area contributed by atoms with Gasteiger partial charge in [-0.05, 0) is 55.8 Å². The number of carbonyl (C=O) groups is 1. The zero-order chi connectivity index (χ0) is 20.3. The molecule has 1 aromatic heterocycles. The number of anilines is 3. The van der Waals surface area contributed by atoms with Crippen molar-refractivity contribution in [2.24, 2.45) is 0 Å². The summed E-state index contributed by atoms with van der Waals surface area (Å²) in [4.78, 5) is 21.0. The Morgan fingerprint density at radius 2 is 1.86 bits per heavy atom. The van der Waals surface area contributed by atoms with Gasteiger partial charge in [0.25, 0.3) is 5.91 Å². The summed E-state index contributed by atoms with van der Waals surface area (Å²) >= 11 is 6.09. The lowest BCUT2D eigenvalue weighted by Gasteiger charge is -2.15. The number of carbonyl (C=O) groups excluding carboxylic acids is 1. The maximum atomic E-state index is 13.4. The van der Waals surface area contributed by atoms with Crippen LogP contribution in [0.4, 0.5) is 21.5 Å². The fourth-order valence-corrected chi connectivity index (χ4v) is 2.75. The highest BCUT2D eigenvalue weighted by atomic mass is 35.5. The molecule has 0 aliphatic heterocycles. The van der Waals surface area contributed by atoms with Crippen molar-refractivity contribution in [2.45, 2.75) is 13.8 Å². The van der Waals surface area contributed by atoms with Gasteiger partial charge >= 0.3 is 6.01 Å². The Morgan fingerprint density at radius 1 is 1.11 bits per heavy atom. The Bertz CT molecular complexity index is 1040. The van der Waals surface area contributed by atoms with Crippen molar-refractivity contribution in [1.82, 2.24) is 9.97 Å². The number of nitrogens with zero attached hydrogens (tertiary/aromatic N) is 2. The number of benzene rings is 2. The molecule has 6 nitrogen and oxygen atoms in total. The standard InChI is InChI=1S/C20H18ClFN4O2/c1-11-8-14(22)5-7-16(11)25-17-6-4-13(21)9-15(17)19(27)26-18-10-23-20(28-3)24-12(18)2/h4-10,25H,1-3H3,(H,26,27). The Labute approximate surface area is 166 Å². The molecule has 3 aromatic rings. The minimum Gasteiger partial charge on any atom is -0.467 e. The number of hydrogen-bond acceptors (Lipinski definition) is 5. The molecule has 0 saturated carbocycles. The van der Waals surface area contributed by atoms with Crippen molar-refractivity contribution in [1.29, 1.82) is 0 Å².